The predicted octanol–water partition coefficient (Wildman–Crippen LogP) is -3.47. The minimum Gasteiger partial charge on any atom is -0.507 e. The molecule has 7 atom stereocenters. The van der Waals surface area contributed by atoms with Crippen molar-refractivity contribution < 1.29 is 78.0 Å². The molecule has 0 saturated carbocycles. The van der Waals surface area contributed by atoms with Crippen molar-refractivity contribution in [3.63, 3.8) is 0 Å². The van der Waals surface area contributed by atoms with E-state index in [2.05, 4.69) is 47.9 Å². The number of rotatable bonds is 12. The summed E-state index contributed by atoms with van der Waals surface area (Å²) < 4.78 is 0.347. The van der Waals surface area contributed by atoms with Crippen LogP contribution in [-0.4, -0.2) is 170 Å². The van der Waals surface area contributed by atoms with E-state index in [-0.39, 0.29) is 24.3 Å². The van der Waals surface area contributed by atoms with Gasteiger partial charge in [0.2, 0.25) is 53.2 Å². The molecule has 2 heterocycles. The van der Waals surface area contributed by atoms with Crippen molar-refractivity contribution in [2.45, 2.75) is 87.7 Å². The normalized spacial score (nSPS) is 24.5. The van der Waals surface area contributed by atoms with Gasteiger partial charge in [-0.15, -0.1) is 11.8 Å². The molecule has 13 N–H and O–H groups in total. The van der Waals surface area contributed by atoms with E-state index in [1.807, 2.05) is 22.6 Å². The number of amides is 9. The molecule has 7 unspecified atom stereocenters. The topological polar surface area (TPSA) is 394 Å². The van der Waals surface area contributed by atoms with E-state index in [4.69, 9.17) is 0 Å². The highest BCUT2D eigenvalue weighted by molar-refractivity contribution is 14.1. The smallest absolute Gasteiger partial charge is 0.322 e. The summed E-state index contributed by atoms with van der Waals surface area (Å²) in [6, 6.07) is -7.08. The van der Waals surface area contributed by atoms with Crippen molar-refractivity contribution in [2.75, 3.05) is 36.1 Å². The maximum atomic E-state index is 14.3. The van der Waals surface area contributed by atoms with Gasteiger partial charge < -0.3 is 68.3 Å². The highest BCUT2D eigenvalue weighted by Crippen LogP contribution is 2.25. The maximum Gasteiger partial charge on any atom is 0.322 e. The standard InChI is InChI=1S/C38H50IN9O16S3/c1-2-3-4-19-32(58)40-11-27(50)42-21(9-29(52)53)35(61)48-25-15-67-66-14-24(37(63)44-19)47-36(62)22(10-30(54)55)43-28(51)16-65-13-23(33(59)41-12-31(56)57)46-34(60)20(45-38(25)64)8-17-5-6-26(49)18(39)7-17/h5-7,19-25,49H,2-4,8-16H2,1H3,(H,40,58)(H,41,59)(H,42,50)(H,43,51)(H,44,63)(H,45,64)(H,46,60)(H,47,62)(H,48,61)(H,52,53)(H,54,55)(H,56,57). The third-order valence-electron chi connectivity index (χ3n) is 9.43. The molecular weight excluding hydrogens is 1060 g/mol. The Labute approximate surface area is 407 Å². The summed E-state index contributed by atoms with van der Waals surface area (Å²) in [5.41, 5.74) is 0.369. The van der Waals surface area contributed by atoms with Crippen molar-refractivity contribution in [2.24, 2.45) is 0 Å². The molecule has 1 aromatic rings. The van der Waals surface area contributed by atoms with Crippen molar-refractivity contribution in [3.8, 4) is 5.75 Å². The summed E-state index contributed by atoms with van der Waals surface area (Å²) in [5, 5.41) is 59.8. The number of carbonyl (C=O) groups is 12. The number of phenolic OH excluding ortho intramolecular Hbond substituents is 1. The minimum atomic E-state index is -1.82. The number of carbonyl (C=O) groups excluding carboxylic acids is 9. The lowest BCUT2D eigenvalue weighted by molar-refractivity contribution is -0.141. The molecule has 29 heteroatoms. The fourth-order valence-corrected chi connectivity index (χ4v) is 9.80. The molecule has 2 aliphatic heterocycles. The molecule has 2 saturated heterocycles. The molecule has 0 aromatic heterocycles. The molecular formula is C38H50IN9O16S3. The summed E-state index contributed by atoms with van der Waals surface area (Å²) in [6.45, 7) is 0.0989. The van der Waals surface area contributed by atoms with Gasteiger partial charge in [-0.2, -0.15) is 0 Å². The van der Waals surface area contributed by atoms with E-state index >= 15 is 0 Å². The number of carboxylic acid groups (broad SMARTS) is 3. The lowest BCUT2D eigenvalue weighted by Gasteiger charge is -2.27. The number of halogens is 1. The molecule has 2 fully saturated rings. The molecule has 0 spiro atoms. The van der Waals surface area contributed by atoms with E-state index in [0.717, 1.165) is 21.6 Å². The number of nitrogens with one attached hydrogen (secondary N) is 9. The van der Waals surface area contributed by atoms with Crippen molar-refractivity contribution in [3.05, 3.63) is 27.3 Å². The van der Waals surface area contributed by atoms with Crippen LogP contribution in [0.2, 0.25) is 0 Å². The SMILES string of the molecule is CCCCC1NC(=O)C2CSSCC(NC(=O)C(CC(=O)O)NC(=O)CNC1=O)C(=O)NC(Cc1ccc(O)c(I)c1)C(=O)NC(C(=O)NCC(=O)O)CSCC(=O)NC(CC(=O)O)C(=O)N2. The Morgan fingerprint density at radius 3 is 1.76 bits per heavy atom. The van der Waals surface area contributed by atoms with Gasteiger partial charge in [-0.3, -0.25) is 57.5 Å². The zero-order valence-electron chi connectivity index (χ0n) is 35.5. The number of aliphatic carboxylic acids is 3. The largest absolute Gasteiger partial charge is 0.507 e. The van der Waals surface area contributed by atoms with E-state index in [9.17, 15) is 78.0 Å². The summed E-state index contributed by atoms with van der Waals surface area (Å²) in [7, 11) is 1.68. The summed E-state index contributed by atoms with van der Waals surface area (Å²) in [6.07, 6.45) is -1.29. The summed E-state index contributed by atoms with van der Waals surface area (Å²) in [4.78, 5) is 158. The molecule has 0 aliphatic carbocycles. The van der Waals surface area contributed by atoms with Crippen LogP contribution in [0.3, 0.4) is 0 Å². The van der Waals surface area contributed by atoms with Gasteiger partial charge in [-0.05, 0) is 46.7 Å². The number of hydrogen-bond donors (Lipinski definition) is 13. The molecule has 25 nitrogen and oxygen atoms in total. The molecule has 0 radical (unpaired) electrons. The first kappa shape index (κ1) is 55.8. The molecule has 368 valence electrons. The van der Waals surface area contributed by atoms with Gasteiger partial charge >= 0.3 is 17.9 Å². The number of thioether (sulfide) groups is 1. The summed E-state index contributed by atoms with van der Waals surface area (Å²) >= 11 is 2.52. The monoisotopic (exact) mass is 1110 g/mol. The third-order valence-corrected chi connectivity index (χ3v) is 13.8. The number of benzene rings is 1. The van der Waals surface area contributed by atoms with Gasteiger partial charge in [0.05, 0.1) is 28.7 Å². The number of fused-ring (bicyclic) bond motifs is 5. The molecule has 3 rings (SSSR count). The Kier molecular flexibility index (Phi) is 23.2. The predicted molar refractivity (Wildman–Crippen MR) is 248 cm³/mol. The van der Waals surface area contributed by atoms with Crippen molar-refractivity contribution >= 4 is 127 Å². The summed E-state index contributed by atoms with van der Waals surface area (Å²) in [5.74, 6) is -15.6. The average molecular weight is 1110 g/mol. The number of unbranched alkanes of at least 4 members (excludes halogenated alkanes) is 1. The lowest BCUT2D eigenvalue weighted by atomic mass is 10.0. The highest BCUT2D eigenvalue weighted by Gasteiger charge is 2.35. The first-order valence-electron chi connectivity index (χ1n) is 20.3. The van der Waals surface area contributed by atoms with Crippen LogP contribution in [0.4, 0.5) is 0 Å². The zero-order chi connectivity index (χ0) is 49.8. The molecule has 2 aliphatic rings. The Morgan fingerprint density at radius 2 is 1.22 bits per heavy atom. The van der Waals surface area contributed by atoms with Crippen LogP contribution in [0.1, 0.15) is 44.6 Å². The van der Waals surface area contributed by atoms with Crippen molar-refractivity contribution in [1.29, 1.82) is 0 Å². The van der Waals surface area contributed by atoms with Gasteiger partial charge in [0.15, 0.2) is 0 Å². The minimum absolute atomic E-state index is 0.0432. The number of aromatic hydroxyl groups is 1. The van der Waals surface area contributed by atoms with Crippen molar-refractivity contribution in [1.82, 2.24) is 47.9 Å². The lowest BCUT2D eigenvalue weighted by Crippen LogP contribution is -2.60. The van der Waals surface area contributed by atoms with Crippen LogP contribution >= 0.6 is 55.9 Å². The Balaban J connectivity index is 2.20. The molecule has 9 amide bonds. The molecule has 1 aromatic carbocycles. The Hall–Kier alpha value is -5.56. The van der Waals surface area contributed by atoms with Crippen LogP contribution < -0.4 is 47.9 Å². The first-order chi connectivity index (χ1) is 31.7. The number of carboxylic acids is 3. The third kappa shape index (κ3) is 19.7. The fourth-order valence-electron chi connectivity index (χ4n) is 6.04. The van der Waals surface area contributed by atoms with E-state index in [0.29, 0.717) is 33.7 Å². The zero-order valence-corrected chi connectivity index (χ0v) is 40.2. The Morgan fingerprint density at radius 1 is 0.672 bits per heavy atom. The second kappa shape index (κ2) is 27.9. The highest BCUT2D eigenvalue weighted by atomic mass is 127. The van der Waals surface area contributed by atoms with Gasteiger partial charge in [-0.25, -0.2) is 0 Å². The van der Waals surface area contributed by atoms with Crippen LogP contribution in [0.25, 0.3) is 0 Å². The fraction of sp³-hybridized carbons (Fsp3) is 0.526. The number of hydrogen-bond acceptors (Lipinski definition) is 16. The Bertz CT molecular complexity index is 2070. The van der Waals surface area contributed by atoms with Crippen LogP contribution in [-0.2, 0) is 64.0 Å². The van der Waals surface area contributed by atoms with E-state index in [1.54, 1.807) is 6.92 Å². The number of phenols is 1. The molecule has 2 bridgehead atoms. The van der Waals surface area contributed by atoms with Crippen LogP contribution in [0.15, 0.2) is 18.2 Å². The van der Waals surface area contributed by atoms with E-state index in [1.165, 1.54) is 18.2 Å². The van der Waals surface area contributed by atoms with E-state index < -0.39 is 157 Å². The molecule has 67 heavy (non-hydrogen) atoms. The average Bonchev–Trinajstić information content (AvgIpc) is 3.25. The second-order valence-corrected chi connectivity index (χ2v) is 19.5. The van der Waals surface area contributed by atoms with Gasteiger partial charge in [0.1, 0.15) is 54.6 Å². The van der Waals surface area contributed by atoms with Gasteiger partial charge in [0, 0.05) is 23.7 Å². The maximum absolute atomic E-state index is 14.3. The van der Waals surface area contributed by atoms with Crippen LogP contribution in [0, 0.1) is 3.57 Å². The first-order valence-corrected chi connectivity index (χ1v) is 25.0. The van der Waals surface area contributed by atoms with Gasteiger partial charge in [-0.1, -0.05) is 47.4 Å². The van der Waals surface area contributed by atoms with Crippen LogP contribution in [0.5, 0.6) is 5.75 Å². The quantitative estimate of drug-likeness (QED) is 0.0714. The second-order valence-electron chi connectivity index (χ2n) is 14.8. The van der Waals surface area contributed by atoms with Gasteiger partial charge in [0.25, 0.3) is 0 Å².